The highest BCUT2D eigenvalue weighted by molar-refractivity contribution is 5.93. The van der Waals surface area contributed by atoms with Gasteiger partial charge in [-0.15, -0.1) is 0 Å². The first kappa shape index (κ1) is 9.24. The number of nitrogens with one attached hydrogen (secondary N) is 3. The van der Waals surface area contributed by atoms with Crippen molar-refractivity contribution in [2.24, 2.45) is 0 Å². The predicted molar refractivity (Wildman–Crippen MR) is 45.8 cm³/mol. The zero-order chi connectivity index (χ0) is 10.0. The van der Waals surface area contributed by atoms with E-state index in [0.717, 1.165) is 0 Å². The second kappa shape index (κ2) is 3.26. The molecule has 0 atom stereocenters. The zero-order valence-corrected chi connectivity index (χ0v) is 7.22. The van der Waals surface area contributed by atoms with E-state index in [2.05, 4.69) is 10.3 Å². The van der Waals surface area contributed by atoms with Gasteiger partial charge in [0.1, 0.15) is 5.69 Å². The number of H-pyrrole nitrogens is 2. The fourth-order valence-electron chi connectivity index (χ4n) is 0.901. The van der Waals surface area contributed by atoms with Crippen LogP contribution in [0.3, 0.4) is 0 Å². The van der Waals surface area contributed by atoms with Crippen molar-refractivity contribution in [3.05, 3.63) is 32.1 Å². The fourth-order valence-corrected chi connectivity index (χ4v) is 0.901. The molecular weight excluding hydrogens is 174 g/mol. The highest BCUT2D eigenvalue weighted by Crippen LogP contribution is 1.93. The fraction of sp³-hybridized carbons (Fsp3) is 0.286. The maximum atomic E-state index is 11.1. The van der Waals surface area contributed by atoms with Crippen molar-refractivity contribution < 1.29 is 4.79 Å². The van der Waals surface area contributed by atoms with Crippen LogP contribution in [0.1, 0.15) is 16.1 Å². The van der Waals surface area contributed by atoms with E-state index in [1.807, 2.05) is 4.98 Å². The van der Waals surface area contributed by atoms with Gasteiger partial charge in [0.05, 0.1) is 0 Å². The summed E-state index contributed by atoms with van der Waals surface area (Å²) in [6, 6.07) is 0. The van der Waals surface area contributed by atoms with Crippen LogP contribution in [-0.4, -0.2) is 22.9 Å². The molecule has 0 bridgehead atoms. The molecule has 13 heavy (non-hydrogen) atoms. The summed E-state index contributed by atoms with van der Waals surface area (Å²) in [5.41, 5.74) is -1.05. The van der Waals surface area contributed by atoms with Gasteiger partial charge in [-0.05, 0) is 6.92 Å². The lowest BCUT2D eigenvalue weighted by Gasteiger charge is -2.01. The van der Waals surface area contributed by atoms with Crippen LogP contribution in [0.15, 0.2) is 9.59 Å². The van der Waals surface area contributed by atoms with Crippen LogP contribution in [0.25, 0.3) is 0 Å². The van der Waals surface area contributed by atoms with Gasteiger partial charge in [0.15, 0.2) is 0 Å². The largest absolute Gasteiger partial charge is 0.354 e. The van der Waals surface area contributed by atoms with Crippen molar-refractivity contribution in [1.82, 2.24) is 15.3 Å². The normalized spacial score (nSPS) is 9.69. The molecule has 6 heteroatoms. The molecule has 1 aromatic heterocycles. The quantitative estimate of drug-likeness (QED) is 0.506. The molecule has 70 valence electrons. The topological polar surface area (TPSA) is 94.8 Å². The van der Waals surface area contributed by atoms with E-state index in [9.17, 15) is 14.4 Å². The van der Waals surface area contributed by atoms with Crippen molar-refractivity contribution in [3.8, 4) is 0 Å². The third-order valence-corrected chi connectivity index (χ3v) is 1.64. The van der Waals surface area contributed by atoms with E-state index in [1.54, 1.807) is 0 Å². The smallest absolute Gasteiger partial charge is 0.326 e. The Morgan fingerprint density at radius 2 is 1.92 bits per heavy atom. The lowest BCUT2D eigenvalue weighted by atomic mass is 10.2. The highest BCUT2D eigenvalue weighted by atomic mass is 16.2. The van der Waals surface area contributed by atoms with Gasteiger partial charge in [0.25, 0.3) is 11.5 Å². The molecule has 0 aliphatic carbocycles. The third kappa shape index (κ3) is 1.66. The molecule has 1 rings (SSSR count). The standard InChI is InChI=1S/C7H9N3O3/c1-3-4(6(12)8-2)9-7(13)10-5(3)11/h1-2H3,(H,8,12)(H2,9,10,11,13). The van der Waals surface area contributed by atoms with E-state index in [-0.39, 0.29) is 11.3 Å². The summed E-state index contributed by atoms with van der Waals surface area (Å²) in [6.45, 7) is 1.46. The van der Waals surface area contributed by atoms with Gasteiger partial charge >= 0.3 is 5.69 Å². The first-order valence-corrected chi connectivity index (χ1v) is 3.61. The highest BCUT2D eigenvalue weighted by Gasteiger charge is 2.10. The molecule has 0 aliphatic rings. The van der Waals surface area contributed by atoms with Crippen LogP contribution in [0, 0.1) is 6.92 Å². The Balaban J connectivity index is 3.46. The minimum Gasteiger partial charge on any atom is -0.354 e. The Kier molecular flexibility index (Phi) is 2.32. The Morgan fingerprint density at radius 1 is 1.31 bits per heavy atom. The molecule has 1 aromatic rings. The molecule has 0 aliphatic heterocycles. The Hall–Kier alpha value is -1.85. The third-order valence-electron chi connectivity index (χ3n) is 1.64. The SMILES string of the molecule is CNC(=O)c1[nH]c(=O)[nH]c(=O)c1C. The summed E-state index contributed by atoms with van der Waals surface area (Å²) in [5.74, 6) is -0.485. The van der Waals surface area contributed by atoms with Gasteiger partial charge in [0.2, 0.25) is 0 Å². The molecule has 0 saturated heterocycles. The summed E-state index contributed by atoms with van der Waals surface area (Å²) in [4.78, 5) is 37.2. The summed E-state index contributed by atoms with van der Waals surface area (Å²) in [7, 11) is 1.42. The molecule has 1 amide bonds. The van der Waals surface area contributed by atoms with Crippen molar-refractivity contribution >= 4 is 5.91 Å². The molecule has 3 N–H and O–H groups in total. The van der Waals surface area contributed by atoms with Crippen LogP contribution < -0.4 is 16.6 Å². The maximum absolute atomic E-state index is 11.1. The molecule has 0 aromatic carbocycles. The summed E-state index contributed by atoms with van der Waals surface area (Å²) in [6.07, 6.45) is 0. The van der Waals surface area contributed by atoms with Gasteiger partial charge < -0.3 is 10.3 Å². The Bertz CT molecular complexity index is 443. The molecule has 0 spiro atoms. The van der Waals surface area contributed by atoms with Gasteiger partial charge in [-0.25, -0.2) is 4.79 Å². The van der Waals surface area contributed by atoms with Crippen molar-refractivity contribution in [1.29, 1.82) is 0 Å². The second-order valence-corrected chi connectivity index (χ2v) is 2.49. The Labute approximate surface area is 73.0 Å². The molecule has 0 unspecified atom stereocenters. The monoisotopic (exact) mass is 183 g/mol. The zero-order valence-electron chi connectivity index (χ0n) is 7.22. The number of aromatic nitrogens is 2. The minimum atomic E-state index is -0.686. The van der Waals surface area contributed by atoms with Crippen molar-refractivity contribution in [2.75, 3.05) is 7.05 Å². The van der Waals surface area contributed by atoms with E-state index in [1.165, 1.54) is 14.0 Å². The molecule has 6 nitrogen and oxygen atoms in total. The van der Waals surface area contributed by atoms with Gasteiger partial charge in [-0.2, -0.15) is 0 Å². The summed E-state index contributed by atoms with van der Waals surface area (Å²) in [5, 5.41) is 2.31. The van der Waals surface area contributed by atoms with Crippen LogP contribution in [0.5, 0.6) is 0 Å². The lowest BCUT2D eigenvalue weighted by Crippen LogP contribution is -2.32. The van der Waals surface area contributed by atoms with Crippen molar-refractivity contribution in [3.63, 3.8) is 0 Å². The number of aromatic amines is 2. The van der Waals surface area contributed by atoms with Gasteiger partial charge in [-0.1, -0.05) is 0 Å². The van der Waals surface area contributed by atoms with Crippen molar-refractivity contribution in [2.45, 2.75) is 6.92 Å². The lowest BCUT2D eigenvalue weighted by molar-refractivity contribution is 0.0957. The average molecular weight is 183 g/mol. The number of hydrogen-bond donors (Lipinski definition) is 3. The first-order valence-electron chi connectivity index (χ1n) is 3.61. The van der Waals surface area contributed by atoms with Gasteiger partial charge in [-0.3, -0.25) is 14.6 Å². The number of rotatable bonds is 1. The van der Waals surface area contributed by atoms with Gasteiger partial charge in [0, 0.05) is 12.6 Å². The number of carbonyl (C=O) groups excluding carboxylic acids is 1. The predicted octanol–water partition coefficient (Wildman–Crippen LogP) is -1.27. The first-order chi connectivity index (χ1) is 6.06. The number of hydrogen-bond acceptors (Lipinski definition) is 3. The molecule has 0 saturated carbocycles. The summed E-state index contributed by atoms with van der Waals surface area (Å²) >= 11 is 0. The van der Waals surface area contributed by atoms with Crippen LogP contribution in [-0.2, 0) is 0 Å². The number of amides is 1. The van der Waals surface area contributed by atoms with E-state index in [4.69, 9.17) is 0 Å². The Morgan fingerprint density at radius 3 is 2.46 bits per heavy atom. The molecule has 1 heterocycles. The van der Waals surface area contributed by atoms with Crippen LogP contribution in [0.4, 0.5) is 0 Å². The van der Waals surface area contributed by atoms with E-state index >= 15 is 0 Å². The van der Waals surface area contributed by atoms with Crippen LogP contribution in [0.2, 0.25) is 0 Å². The van der Waals surface area contributed by atoms with E-state index < -0.39 is 17.2 Å². The molecule has 0 fully saturated rings. The number of carbonyl (C=O) groups is 1. The molecular formula is C7H9N3O3. The van der Waals surface area contributed by atoms with E-state index in [0.29, 0.717) is 0 Å². The minimum absolute atomic E-state index is 0.00347. The van der Waals surface area contributed by atoms with Crippen LogP contribution >= 0.6 is 0 Å². The summed E-state index contributed by atoms with van der Waals surface area (Å²) < 4.78 is 0. The second-order valence-electron chi connectivity index (χ2n) is 2.49. The maximum Gasteiger partial charge on any atom is 0.326 e. The average Bonchev–Trinajstić information content (AvgIpc) is 2.10. The molecule has 0 radical (unpaired) electrons.